The highest BCUT2D eigenvalue weighted by atomic mass is 35.5. The maximum absolute atomic E-state index is 5.55. The molecule has 0 saturated heterocycles. The van der Waals surface area contributed by atoms with E-state index in [0.717, 1.165) is 0 Å². The lowest BCUT2D eigenvalue weighted by Gasteiger charge is -2.07. The van der Waals surface area contributed by atoms with Crippen molar-refractivity contribution in [3.05, 3.63) is 0 Å². The molecule has 6 heavy (non-hydrogen) atoms. The highest BCUT2D eigenvalue weighted by Crippen LogP contribution is 2.23. The first-order valence-corrected chi connectivity index (χ1v) is 3.09. The Morgan fingerprint density at radius 1 is 1.83 bits per heavy atom. The summed E-state index contributed by atoms with van der Waals surface area (Å²) in [5, 5.41) is 0. The van der Waals surface area contributed by atoms with Gasteiger partial charge in [-0.2, -0.15) is 0 Å². The van der Waals surface area contributed by atoms with E-state index in [2.05, 4.69) is 9.24 Å². The van der Waals surface area contributed by atoms with Crippen molar-refractivity contribution in [1.82, 2.24) is 0 Å². The smallest absolute Gasteiger partial charge is 0.0690 e. The number of alkyl halides is 2. The van der Waals surface area contributed by atoms with Crippen LogP contribution in [0.3, 0.4) is 0 Å². The summed E-state index contributed by atoms with van der Waals surface area (Å²) in [7, 11) is 2.43. The van der Waals surface area contributed by atoms with E-state index in [9.17, 15) is 0 Å². The van der Waals surface area contributed by atoms with E-state index in [-0.39, 0.29) is 4.62 Å². The molecule has 0 aliphatic rings. The van der Waals surface area contributed by atoms with Gasteiger partial charge in [0.1, 0.15) is 0 Å². The van der Waals surface area contributed by atoms with E-state index in [1.54, 1.807) is 0 Å². The molecule has 0 N–H and O–H groups in total. The van der Waals surface area contributed by atoms with Gasteiger partial charge in [-0.15, -0.1) is 32.4 Å². The molecule has 3 heteroatoms. The number of halogens is 2. The van der Waals surface area contributed by atoms with Crippen molar-refractivity contribution in [2.75, 3.05) is 5.88 Å². The average Bonchev–Trinajstić information content (AvgIpc) is 1.35. The molecule has 0 nitrogen and oxygen atoms in total. The quantitative estimate of drug-likeness (QED) is 0.391. The van der Waals surface area contributed by atoms with Gasteiger partial charge in [-0.25, -0.2) is 0 Å². The molecule has 0 rings (SSSR count). The number of hydrogen-bond acceptors (Lipinski definition) is 0. The molecule has 0 spiro atoms. The fourth-order valence-electron chi connectivity index (χ4n) is 0. The Bertz CT molecular complexity index is 38.5. The Labute approximate surface area is 50.4 Å². The van der Waals surface area contributed by atoms with Crippen LogP contribution in [-0.2, 0) is 0 Å². The topological polar surface area (TPSA) is 0 Å². The van der Waals surface area contributed by atoms with Crippen molar-refractivity contribution in [2.24, 2.45) is 0 Å². The van der Waals surface area contributed by atoms with Crippen molar-refractivity contribution in [1.29, 1.82) is 0 Å². The van der Waals surface area contributed by atoms with Crippen LogP contribution in [0.1, 0.15) is 6.92 Å². The lowest BCUT2D eigenvalue weighted by atomic mass is 10.5. The zero-order valence-corrected chi connectivity index (χ0v) is 6.21. The summed E-state index contributed by atoms with van der Waals surface area (Å²) in [5.74, 6) is 0.471. The second-order valence-corrected chi connectivity index (χ2v) is 4.18. The molecule has 0 fully saturated rings. The molecule has 0 aromatic carbocycles. The van der Waals surface area contributed by atoms with Gasteiger partial charge in [-0.1, -0.05) is 0 Å². The molecule has 2 unspecified atom stereocenters. The summed E-state index contributed by atoms with van der Waals surface area (Å²) >= 11 is 10.9. The monoisotopic (exact) mass is 144 g/mol. The van der Waals surface area contributed by atoms with E-state index < -0.39 is 0 Å². The molecule has 0 radical (unpaired) electrons. The molecule has 2 atom stereocenters. The zero-order valence-electron chi connectivity index (χ0n) is 3.54. The standard InChI is InChI=1S/C3H7Cl2P/c1-3(5,6)2-4/h2,6H2,1H3. The third-order valence-corrected chi connectivity index (χ3v) is 1.55. The van der Waals surface area contributed by atoms with Crippen molar-refractivity contribution in [3.8, 4) is 0 Å². The molecule has 0 heterocycles. The van der Waals surface area contributed by atoms with E-state index in [1.165, 1.54) is 0 Å². The second kappa shape index (κ2) is 2.35. The SMILES string of the molecule is CC(P)(Cl)CCl. The molecule has 0 amide bonds. The maximum atomic E-state index is 5.55. The highest BCUT2D eigenvalue weighted by Gasteiger charge is 2.08. The van der Waals surface area contributed by atoms with Gasteiger partial charge in [0.15, 0.2) is 0 Å². The molecular formula is C3H7Cl2P. The van der Waals surface area contributed by atoms with Gasteiger partial charge in [0, 0.05) is 5.88 Å². The first-order chi connectivity index (χ1) is 2.56. The normalized spacial score (nSPS) is 20.0. The van der Waals surface area contributed by atoms with Gasteiger partial charge >= 0.3 is 0 Å². The van der Waals surface area contributed by atoms with E-state index in [0.29, 0.717) is 5.88 Å². The summed E-state index contributed by atoms with van der Waals surface area (Å²) in [6.07, 6.45) is 0. The van der Waals surface area contributed by atoms with Crippen molar-refractivity contribution < 1.29 is 0 Å². The summed E-state index contributed by atoms with van der Waals surface area (Å²) in [6, 6.07) is 0. The molecule has 0 aliphatic carbocycles. The van der Waals surface area contributed by atoms with Crippen LogP contribution in [0.25, 0.3) is 0 Å². The van der Waals surface area contributed by atoms with Gasteiger partial charge in [0.25, 0.3) is 0 Å². The highest BCUT2D eigenvalue weighted by molar-refractivity contribution is 7.23. The number of rotatable bonds is 1. The van der Waals surface area contributed by atoms with Crippen molar-refractivity contribution in [3.63, 3.8) is 0 Å². The van der Waals surface area contributed by atoms with Crippen LogP contribution in [0.4, 0.5) is 0 Å². The Morgan fingerprint density at radius 2 is 2.00 bits per heavy atom. The van der Waals surface area contributed by atoms with Crippen LogP contribution in [0.5, 0.6) is 0 Å². The minimum Gasteiger partial charge on any atom is -0.124 e. The van der Waals surface area contributed by atoms with Crippen LogP contribution in [0.2, 0.25) is 0 Å². The molecular weight excluding hydrogens is 138 g/mol. The third-order valence-electron chi connectivity index (χ3n) is 0.261. The summed E-state index contributed by atoms with van der Waals surface area (Å²) in [5.41, 5.74) is 0. The minimum atomic E-state index is -0.304. The second-order valence-electron chi connectivity index (χ2n) is 1.41. The average molecular weight is 145 g/mol. The Balaban J connectivity index is 3.17. The van der Waals surface area contributed by atoms with E-state index in [1.807, 2.05) is 6.92 Å². The van der Waals surface area contributed by atoms with Crippen molar-refractivity contribution in [2.45, 2.75) is 11.5 Å². The fraction of sp³-hybridized carbons (Fsp3) is 1.00. The van der Waals surface area contributed by atoms with Gasteiger partial charge in [0.05, 0.1) is 4.62 Å². The van der Waals surface area contributed by atoms with E-state index in [4.69, 9.17) is 23.2 Å². The zero-order chi connectivity index (χ0) is 5.21. The lowest BCUT2D eigenvalue weighted by molar-refractivity contribution is 1.02. The maximum Gasteiger partial charge on any atom is 0.0690 e. The van der Waals surface area contributed by atoms with Gasteiger partial charge in [-0.3, -0.25) is 0 Å². The first kappa shape index (κ1) is 7.01. The van der Waals surface area contributed by atoms with Crippen LogP contribution >= 0.6 is 32.4 Å². The van der Waals surface area contributed by atoms with Crippen LogP contribution in [0.15, 0.2) is 0 Å². The van der Waals surface area contributed by atoms with Crippen LogP contribution < -0.4 is 0 Å². The Kier molecular flexibility index (Phi) is 2.75. The first-order valence-electron chi connectivity index (χ1n) is 1.60. The molecule has 0 bridgehead atoms. The molecule has 0 aromatic rings. The molecule has 0 saturated carbocycles. The number of hydrogen-bond donors (Lipinski definition) is 0. The van der Waals surface area contributed by atoms with Crippen molar-refractivity contribution >= 4 is 32.4 Å². The minimum absolute atomic E-state index is 0.304. The lowest BCUT2D eigenvalue weighted by Crippen LogP contribution is -2.05. The molecule has 0 aromatic heterocycles. The largest absolute Gasteiger partial charge is 0.124 e. The third kappa shape index (κ3) is 5.01. The predicted octanol–water partition coefficient (Wildman–Crippen LogP) is 2.06. The molecule has 38 valence electrons. The van der Waals surface area contributed by atoms with Crippen LogP contribution in [0, 0.1) is 0 Å². The molecule has 0 aliphatic heterocycles. The van der Waals surface area contributed by atoms with Gasteiger partial charge < -0.3 is 0 Å². The fourth-order valence-corrected chi connectivity index (χ4v) is 0. The van der Waals surface area contributed by atoms with E-state index >= 15 is 0 Å². The van der Waals surface area contributed by atoms with Crippen LogP contribution in [-0.4, -0.2) is 10.5 Å². The van der Waals surface area contributed by atoms with Gasteiger partial charge in [-0.05, 0) is 6.92 Å². The predicted molar refractivity (Wildman–Crippen MR) is 34.7 cm³/mol. The Morgan fingerprint density at radius 3 is 2.00 bits per heavy atom. The van der Waals surface area contributed by atoms with Gasteiger partial charge in [0.2, 0.25) is 0 Å². The summed E-state index contributed by atoms with van der Waals surface area (Å²) in [4.78, 5) is 0. The Hall–Kier alpha value is 1.01. The summed E-state index contributed by atoms with van der Waals surface area (Å²) < 4.78 is -0.304. The summed E-state index contributed by atoms with van der Waals surface area (Å²) in [6.45, 7) is 1.84.